The normalized spacial score (nSPS) is 12.8. The molecule has 0 saturated carbocycles. The van der Waals surface area contributed by atoms with E-state index in [1.165, 1.54) is 12.1 Å². The van der Waals surface area contributed by atoms with Crippen LogP contribution in [0, 0.1) is 0 Å². The minimum absolute atomic E-state index is 0.00788. The molecule has 0 aromatic heterocycles. The molecular formula is C28H52OSi3. The molecule has 1 N–H and O–H groups in total. The molecule has 0 bridgehead atoms. The zero-order valence-electron chi connectivity index (χ0n) is 21.6. The molecule has 0 radical (unpaired) electrons. The Bertz CT molecular complexity index is 518. The van der Waals surface area contributed by atoms with Gasteiger partial charge in [0.1, 0.15) is 0 Å². The fourth-order valence-corrected chi connectivity index (χ4v) is 17.1. The molecule has 0 saturated heterocycles. The molecule has 0 heterocycles. The third kappa shape index (κ3) is 9.90. The predicted octanol–water partition coefficient (Wildman–Crippen LogP) is 9.52. The molecule has 182 valence electrons. The second kappa shape index (κ2) is 15.0. The quantitative estimate of drug-likeness (QED) is 0.134. The van der Waals surface area contributed by atoms with Gasteiger partial charge in [-0.1, -0.05) is 82.2 Å². The highest BCUT2D eigenvalue weighted by Crippen LogP contribution is 2.44. The Hall–Kier alpha value is -0.949. The summed E-state index contributed by atoms with van der Waals surface area (Å²) < 4.78 is 0. The van der Waals surface area contributed by atoms with E-state index in [1.807, 2.05) is 0 Å². The molecule has 0 aliphatic carbocycles. The van der Waals surface area contributed by atoms with Crippen LogP contribution >= 0.6 is 0 Å². The molecule has 4 heteroatoms. The molecule has 0 spiro atoms. The fourth-order valence-electron chi connectivity index (χ4n) is 5.34. The van der Waals surface area contributed by atoms with E-state index in [0.717, 1.165) is 61.2 Å². The lowest BCUT2D eigenvalue weighted by molar-refractivity contribution is 0.458. The van der Waals surface area contributed by atoms with Crippen molar-refractivity contribution in [2.75, 3.05) is 0 Å². The lowest BCUT2D eigenvalue weighted by atomic mass is 10.2. The lowest BCUT2D eigenvalue weighted by Gasteiger charge is -2.40. The molecule has 32 heavy (non-hydrogen) atoms. The van der Waals surface area contributed by atoms with Crippen LogP contribution in [0.3, 0.4) is 0 Å². The number of rotatable bonds is 20. The van der Waals surface area contributed by atoms with E-state index < -0.39 is 24.5 Å². The summed E-state index contributed by atoms with van der Waals surface area (Å²) in [5.74, 6) is 0. The monoisotopic (exact) mass is 488 g/mol. The van der Waals surface area contributed by atoms with Crippen LogP contribution in [0.25, 0.3) is 0 Å². The van der Waals surface area contributed by atoms with E-state index >= 15 is 0 Å². The van der Waals surface area contributed by atoms with Crippen molar-refractivity contribution in [1.29, 1.82) is 0 Å². The van der Waals surface area contributed by atoms with Gasteiger partial charge in [0.25, 0.3) is 0 Å². The van der Waals surface area contributed by atoms with E-state index in [2.05, 4.69) is 96.7 Å². The summed E-state index contributed by atoms with van der Waals surface area (Å²) in [5, 5.41) is -0.00788. The largest absolute Gasteiger partial charge is 0.431 e. The molecule has 0 aromatic carbocycles. The summed E-state index contributed by atoms with van der Waals surface area (Å²) in [6, 6.07) is 11.1. The Kier molecular flexibility index (Phi) is 14.6. The van der Waals surface area contributed by atoms with Crippen LogP contribution in [0.1, 0.15) is 33.6 Å². The Morgan fingerprint density at radius 1 is 0.531 bits per heavy atom. The van der Waals surface area contributed by atoms with E-state index in [4.69, 9.17) is 0 Å². The average Bonchev–Trinajstić information content (AvgIpc) is 2.68. The van der Waals surface area contributed by atoms with Crippen molar-refractivity contribution in [1.82, 2.24) is 0 Å². The van der Waals surface area contributed by atoms with Crippen molar-refractivity contribution in [3.63, 3.8) is 0 Å². The lowest BCUT2D eigenvalue weighted by Crippen LogP contribution is -2.45. The fraction of sp³-hybridized carbons (Fsp3) is 0.571. The molecule has 0 aliphatic heterocycles. The molecule has 0 fully saturated rings. The first-order valence-electron chi connectivity index (χ1n) is 12.4. The predicted molar refractivity (Wildman–Crippen MR) is 158 cm³/mol. The van der Waals surface area contributed by atoms with Gasteiger partial charge < -0.3 is 4.80 Å². The summed E-state index contributed by atoms with van der Waals surface area (Å²) in [6.07, 6.45) is 14.8. The van der Waals surface area contributed by atoms with Crippen molar-refractivity contribution < 1.29 is 4.80 Å². The standard InChI is InChI=1S/C28H52OSi3/c1-10-18-30(19-11-2,20-12-3)24-16-26-32(29,28(7,8)9)27-17-25-31(21-13-4,22-14-5)23-15-6/h10-15,29H,1-6,16-27H2,7-9H3. The maximum absolute atomic E-state index is 12.0. The molecule has 1 nitrogen and oxygen atoms in total. The Morgan fingerprint density at radius 3 is 0.969 bits per heavy atom. The van der Waals surface area contributed by atoms with Gasteiger partial charge in [0.2, 0.25) is 0 Å². The maximum Gasteiger partial charge on any atom is 0.193 e. The Balaban J connectivity index is 5.37. The van der Waals surface area contributed by atoms with Gasteiger partial charge in [0, 0.05) is 0 Å². The first-order valence-corrected chi connectivity index (χ1v) is 20.4. The highest BCUT2D eigenvalue weighted by Gasteiger charge is 2.43. The molecule has 0 atom stereocenters. The highest BCUT2D eigenvalue weighted by molar-refractivity contribution is 6.82. The molecule has 0 amide bonds. The van der Waals surface area contributed by atoms with Crippen molar-refractivity contribution in [3.05, 3.63) is 75.9 Å². The van der Waals surface area contributed by atoms with Crippen molar-refractivity contribution in [3.8, 4) is 0 Å². The van der Waals surface area contributed by atoms with E-state index in [-0.39, 0.29) is 5.04 Å². The highest BCUT2D eigenvalue weighted by atomic mass is 28.4. The average molecular weight is 489 g/mol. The third-order valence-corrected chi connectivity index (χ3v) is 22.4. The number of hydrogen-bond donors (Lipinski definition) is 1. The summed E-state index contributed by atoms with van der Waals surface area (Å²) >= 11 is 0. The molecule has 0 rings (SSSR count). The van der Waals surface area contributed by atoms with Crippen molar-refractivity contribution >= 4 is 24.5 Å². The minimum atomic E-state index is -2.40. The first kappa shape index (κ1) is 31.1. The molecular weight excluding hydrogens is 437 g/mol. The number of hydrogen-bond acceptors (Lipinski definition) is 1. The van der Waals surface area contributed by atoms with Gasteiger partial charge in [0.05, 0.1) is 16.1 Å². The SMILES string of the molecule is C=CC[Si](CC=C)(CC=C)CCC[Si](O)(CCC[Si](CC=C)(CC=C)CC=C)C(C)(C)C. The summed E-state index contributed by atoms with van der Waals surface area (Å²) in [4.78, 5) is 12.0. The first-order chi connectivity index (χ1) is 15.0. The summed E-state index contributed by atoms with van der Waals surface area (Å²) in [5.41, 5.74) is 0. The summed E-state index contributed by atoms with van der Waals surface area (Å²) in [7, 11) is -5.43. The van der Waals surface area contributed by atoms with Crippen LogP contribution in [-0.4, -0.2) is 29.3 Å². The second-order valence-electron chi connectivity index (χ2n) is 10.9. The van der Waals surface area contributed by atoms with Crippen molar-refractivity contribution in [2.45, 2.75) is 99.1 Å². The van der Waals surface area contributed by atoms with Crippen LogP contribution in [0.15, 0.2) is 75.9 Å². The van der Waals surface area contributed by atoms with Gasteiger partial charge in [-0.05, 0) is 53.4 Å². The van der Waals surface area contributed by atoms with E-state index in [1.54, 1.807) is 0 Å². The van der Waals surface area contributed by atoms with Crippen molar-refractivity contribution in [2.24, 2.45) is 0 Å². The number of allylic oxidation sites excluding steroid dienone is 6. The van der Waals surface area contributed by atoms with Crippen LogP contribution in [0.5, 0.6) is 0 Å². The zero-order valence-corrected chi connectivity index (χ0v) is 24.6. The smallest absolute Gasteiger partial charge is 0.193 e. The molecule has 0 unspecified atom stereocenters. The maximum atomic E-state index is 12.0. The van der Waals surface area contributed by atoms with Crippen LogP contribution in [0.4, 0.5) is 0 Å². The topological polar surface area (TPSA) is 20.2 Å². The van der Waals surface area contributed by atoms with Gasteiger partial charge in [0.15, 0.2) is 8.32 Å². The molecule has 0 aliphatic rings. The second-order valence-corrected chi connectivity index (χ2v) is 25.0. The van der Waals surface area contributed by atoms with Crippen LogP contribution < -0.4 is 0 Å². The van der Waals surface area contributed by atoms with Gasteiger partial charge in [-0.3, -0.25) is 0 Å². The van der Waals surface area contributed by atoms with E-state index in [0.29, 0.717) is 0 Å². The Labute approximate surface area is 204 Å². The minimum Gasteiger partial charge on any atom is -0.431 e. The van der Waals surface area contributed by atoms with Gasteiger partial charge in [-0.25, -0.2) is 0 Å². The third-order valence-electron chi connectivity index (χ3n) is 7.46. The zero-order chi connectivity index (χ0) is 24.7. The van der Waals surface area contributed by atoms with E-state index in [9.17, 15) is 4.80 Å². The van der Waals surface area contributed by atoms with Crippen LogP contribution in [-0.2, 0) is 0 Å². The molecule has 0 aromatic rings. The van der Waals surface area contributed by atoms with Gasteiger partial charge >= 0.3 is 0 Å². The summed E-state index contributed by atoms with van der Waals surface area (Å²) in [6.45, 7) is 30.9. The van der Waals surface area contributed by atoms with Crippen LogP contribution in [0.2, 0.25) is 65.5 Å². The van der Waals surface area contributed by atoms with Gasteiger partial charge in [-0.15, -0.1) is 39.5 Å². The Morgan fingerprint density at radius 2 is 0.781 bits per heavy atom. The van der Waals surface area contributed by atoms with Gasteiger partial charge in [-0.2, -0.15) is 0 Å².